The molecule has 0 aliphatic rings. The van der Waals surface area contributed by atoms with Crippen LogP contribution in [0.1, 0.15) is 11.1 Å². The van der Waals surface area contributed by atoms with Crippen LogP contribution in [0.15, 0.2) is 77.3 Å². The number of nitrogens with one attached hydrogen (secondary N) is 1. The lowest BCUT2D eigenvalue weighted by atomic mass is 10.0. The number of nitrogens with zero attached hydrogens (tertiary/aromatic N) is 2. The van der Waals surface area contributed by atoms with Crippen LogP contribution < -0.4 is 9.62 Å². The molecule has 0 heterocycles. The summed E-state index contributed by atoms with van der Waals surface area (Å²) in [6.07, 6.45) is 1.22. The van der Waals surface area contributed by atoms with Crippen LogP contribution >= 0.6 is 39.1 Å². The van der Waals surface area contributed by atoms with E-state index in [1.54, 1.807) is 42.5 Å². The molecule has 3 aromatic carbocycles. The molecule has 0 radical (unpaired) electrons. The molecule has 0 aliphatic carbocycles. The second-order valence-corrected chi connectivity index (χ2v) is 11.8. The second-order valence-electron chi connectivity index (χ2n) is 8.26. The Bertz CT molecular complexity index is 1350. The van der Waals surface area contributed by atoms with Crippen molar-refractivity contribution in [1.82, 2.24) is 10.2 Å². The van der Waals surface area contributed by atoms with Crippen molar-refractivity contribution in [2.24, 2.45) is 0 Å². The SMILES string of the molecule is CNC(=O)C(Cc1ccccc1)N(Cc1c(Cl)cccc1Cl)C(=O)CN(c1ccccc1Br)S(C)(=O)=O. The maximum Gasteiger partial charge on any atom is 0.244 e. The first-order chi connectivity index (χ1) is 17.5. The normalized spacial score (nSPS) is 12.0. The van der Waals surface area contributed by atoms with E-state index in [9.17, 15) is 18.0 Å². The van der Waals surface area contributed by atoms with Crippen molar-refractivity contribution >= 4 is 66.7 Å². The molecule has 0 aliphatic heterocycles. The van der Waals surface area contributed by atoms with E-state index in [0.29, 0.717) is 25.8 Å². The topological polar surface area (TPSA) is 86.8 Å². The van der Waals surface area contributed by atoms with Crippen LogP contribution in [0.2, 0.25) is 10.0 Å². The number of amides is 2. The van der Waals surface area contributed by atoms with Crippen LogP contribution in [-0.4, -0.2) is 51.0 Å². The Balaban J connectivity index is 2.08. The van der Waals surface area contributed by atoms with Crippen LogP contribution in [0, 0.1) is 0 Å². The van der Waals surface area contributed by atoms with E-state index >= 15 is 0 Å². The van der Waals surface area contributed by atoms with Gasteiger partial charge in [-0.1, -0.05) is 71.7 Å². The van der Waals surface area contributed by atoms with Gasteiger partial charge in [-0.15, -0.1) is 0 Å². The zero-order valence-electron chi connectivity index (χ0n) is 20.2. The third-order valence-corrected chi connectivity index (χ3v) is 8.21. The molecular weight excluding hydrogens is 601 g/mol. The molecular formula is C26H26BrCl2N3O4S. The number of hydrogen-bond donors (Lipinski definition) is 1. The Morgan fingerprint density at radius 1 is 0.946 bits per heavy atom. The number of anilines is 1. The Labute approximate surface area is 235 Å². The zero-order chi connectivity index (χ0) is 27.2. The fourth-order valence-corrected chi connectivity index (χ4v) is 5.82. The van der Waals surface area contributed by atoms with Gasteiger partial charge < -0.3 is 10.2 Å². The zero-order valence-corrected chi connectivity index (χ0v) is 24.1. The minimum atomic E-state index is -3.87. The van der Waals surface area contributed by atoms with Crippen LogP contribution in [0.5, 0.6) is 0 Å². The molecule has 3 aromatic rings. The van der Waals surface area contributed by atoms with E-state index in [1.165, 1.54) is 11.9 Å². The Hall–Kier alpha value is -2.59. The molecule has 0 saturated heterocycles. The van der Waals surface area contributed by atoms with Crippen molar-refractivity contribution in [1.29, 1.82) is 0 Å². The summed E-state index contributed by atoms with van der Waals surface area (Å²) in [5.41, 5.74) is 1.58. The molecule has 0 spiro atoms. The third kappa shape index (κ3) is 7.47. The molecule has 0 fully saturated rings. The highest BCUT2D eigenvalue weighted by Gasteiger charge is 2.33. The van der Waals surface area contributed by atoms with Crippen molar-refractivity contribution in [3.63, 3.8) is 0 Å². The number of hydrogen-bond acceptors (Lipinski definition) is 4. The number of likely N-dealkylation sites (N-methyl/N-ethyl adjacent to an activating group) is 1. The smallest absolute Gasteiger partial charge is 0.244 e. The fourth-order valence-electron chi connectivity index (χ4n) is 3.82. The molecule has 0 saturated carbocycles. The minimum Gasteiger partial charge on any atom is -0.357 e. The number of carbonyl (C=O) groups excluding carboxylic acids is 2. The molecule has 2 amide bonds. The number of halogens is 3. The van der Waals surface area contributed by atoms with Crippen molar-refractivity contribution in [2.75, 3.05) is 24.2 Å². The van der Waals surface area contributed by atoms with Gasteiger partial charge in [0.15, 0.2) is 0 Å². The average Bonchev–Trinajstić information content (AvgIpc) is 2.86. The van der Waals surface area contributed by atoms with E-state index < -0.39 is 34.4 Å². The van der Waals surface area contributed by atoms with Gasteiger partial charge in [0, 0.05) is 40.1 Å². The lowest BCUT2D eigenvalue weighted by molar-refractivity contribution is -0.139. The number of carbonyl (C=O) groups is 2. The first-order valence-corrected chi connectivity index (χ1v) is 14.6. The average molecular weight is 627 g/mol. The van der Waals surface area contributed by atoms with E-state index in [4.69, 9.17) is 23.2 Å². The quantitative estimate of drug-likeness (QED) is 0.347. The van der Waals surface area contributed by atoms with Crippen LogP contribution in [-0.2, 0) is 32.6 Å². The lowest BCUT2D eigenvalue weighted by Crippen LogP contribution is -2.53. The third-order valence-electron chi connectivity index (χ3n) is 5.71. The van der Waals surface area contributed by atoms with Gasteiger partial charge in [0.05, 0.1) is 11.9 Å². The highest BCUT2D eigenvalue weighted by atomic mass is 79.9. The summed E-state index contributed by atoms with van der Waals surface area (Å²) in [6, 6.07) is 19.9. The van der Waals surface area contributed by atoms with Crippen molar-refractivity contribution in [3.05, 3.63) is 98.4 Å². The van der Waals surface area contributed by atoms with Gasteiger partial charge in [0.1, 0.15) is 12.6 Å². The molecule has 196 valence electrons. The van der Waals surface area contributed by atoms with Crippen molar-refractivity contribution in [2.45, 2.75) is 19.0 Å². The maximum absolute atomic E-state index is 13.9. The molecule has 1 unspecified atom stereocenters. The summed E-state index contributed by atoms with van der Waals surface area (Å²) in [4.78, 5) is 28.3. The van der Waals surface area contributed by atoms with Crippen LogP contribution in [0.25, 0.3) is 0 Å². The molecule has 1 N–H and O–H groups in total. The van der Waals surface area contributed by atoms with Crippen molar-refractivity contribution in [3.8, 4) is 0 Å². The van der Waals surface area contributed by atoms with Gasteiger partial charge in [-0.25, -0.2) is 8.42 Å². The Morgan fingerprint density at radius 3 is 2.11 bits per heavy atom. The van der Waals surface area contributed by atoms with Gasteiger partial charge in [-0.3, -0.25) is 13.9 Å². The summed E-state index contributed by atoms with van der Waals surface area (Å²) >= 11 is 16.2. The highest BCUT2D eigenvalue weighted by Crippen LogP contribution is 2.30. The van der Waals surface area contributed by atoms with Gasteiger partial charge in [-0.2, -0.15) is 0 Å². The monoisotopic (exact) mass is 625 g/mol. The maximum atomic E-state index is 13.9. The standard InChI is InChI=1S/C26H26BrCl2N3O4S/c1-30-26(34)24(15-18-9-4-3-5-10-18)31(16-19-21(28)12-8-13-22(19)29)25(33)17-32(37(2,35)36)23-14-7-6-11-20(23)27/h3-14,24H,15-17H2,1-2H3,(H,30,34). The summed E-state index contributed by atoms with van der Waals surface area (Å²) in [5.74, 6) is -1.01. The minimum absolute atomic E-state index is 0.101. The van der Waals surface area contributed by atoms with E-state index in [1.807, 2.05) is 30.3 Å². The molecule has 0 aromatic heterocycles. The van der Waals surface area contributed by atoms with Crippen LogP contribution in [0.3, 0.4) is 0 Å². The van der Waals surface area contributed by atoms with Crippen molar-refractivity contribution < 1.29 is 18.0 Å². The first kappa shape index (κ1) is 29.0. The van der Waals surface area contributed by atoms with E-state index in [-0.39, 0.29) is 13.0 Å². The number of benzene rings is 3. The Kier molecular flexibility index (Phi) is 10.0. The van der Waals surface area contributed by atoms with E-state index in [0.717, 1.165) is 16.1 Å². The first-order valence-electron chi connectivity index (χ1n) is 11.2. The predicted molar refractivity (Wildman–Crippen MR) is 151 cm³/mol. The lowest BCUT2D eigenvalue weighted by Gasteiger charge is -2.33. The number of para-hydroxylation sites is 1. The summed E-state index contributed by atoms with van der Waals surface area (Å²) in [5, 5.41) is 3.27. The molecule has 1 atom stereocenters. The largest absolute Gasteiger partial charge is 0.357 e. The summed E-state index contributed by atoms with van der Waals surface area (Å²) in [6.45, 7) is -0.637. The van der Waals surface area contributed by atoms with E-state index in [2.05, 4.69) is 21.2 Å². The van der Waals surface area contributed by atoms with Gasteiger partial charge in [0.25, 0.3) is 0 Å². The summed E-state index contributed by atoms with van der Waals surface area (Å²) in [7, 11) is -2.38. The molecule has 7 nitrogen and oxygen atoms in total. The number of sulfonamides is 1. The van der Waals surface area contributed by atoms with Gasteiger partial charge in [0.2, 0.25) is 21.8 Å². The molecule has 37 heavy (non-hydrogen) atoms. The predicted octanol–water partition coefficient (Wildman–Crippen LogP) is 4.91. The second kappa shape index (κ2) is 12.8. The van der Waals surface area contributed by atoms with Crippen LogP contribution in [0.4, 0.5) is 5.69 Å². The number of rotatable bonds is 10. The summed E-state index contributed by atoms with van der Waals surface area (Å²) < 4.78 is 27.1. The highest BCUT2D eigenvalue weighted by molar-refractivity contribution is 9.10. The fraction of sp³-hybridized carbons (Fsp3) is 0.231. The van der Waals surface area contributed by atoms with Gasteiger partial charge in [-0.05, 0) is 45.8 Å². The Morgan fingerprint density at radius 2 is 1.54 bits per heavy atom. The molecule has 3 rings (SSSR count). The van der Waals surface area contributed by atoms with Gasteiger partial charge >= 0.3 is 0 Å². The molecule has 0 bridgehead atoms. The molecule has 11 heteroatoms.